The van der Waals surface area contributed by atoms with E-state index in [1.807, 2.05) is 12.1 Å². The van der Waals surface area contributed by atoms with Crippen LogP contribution in [-0.2, 0) is 0 Å². The highest BCUT2D eigenvalue weighted by molar-refractivity contribution is 9.39. The molecule has 0 spiro atoms. The van der Waals surface area contributed by atoms with Crippen molar-refractivity contribution in [3.8, 4) is 0 Å². The van der Waals surface area contributed by atoms with E-state index in [4.69, 9.17) is 4.42 Å². The fourth-order valence-corrected chi connectivity index (χ4v) is 3.10. The minimum absolute atomic E-state index is 0.427. The molecular formula is C8H13BrNOP. The third kappa shape index (κ3) is 2.58. The van der Waals surface area contributed by atoms with Crippen molar-refractivity contribution in [1.82, 2.24) is 4.67 Å². The highest BCUT2D eigenvalue weighted by atomic mass is 79.9. The molecule has 1 rings (SSSR count). The molecule has 4 heteroatoms. The van der Waals surface area contributed by atoms with Gasteiger partial charge in [0.1, 0.15) is 6.77 Å². The molecule has 1 unspecified atom stereocenters. The van der Waals surface area contributed by atoms with Gasteiger partial charge in [-0.15, -0.1) is 0 Å². The largest absolute Gasteiger partial charge is 0.462 e. The van der Waals surface area contributed by atoms with Crippen LogP contribution in [0.3, 0.4) is 0 Å². The summed E-state index contributed by atoms with van der Waals surface area (Å²) < 4.78 is 7.57. The molecule has 0 aliphatic heterocycles. The summed E-state index contributed by atoms with van der Waals surface area (Å²) in [4.78, 5) is 0. The number of furan rings is 1. The molecule has 12 heavy (non-hydrogen) atoms. The van der Waals surface area contributed by atoms with Gasteiger partial charge in [-0.2, -0.15) is 0 Å². The van der Waals surface area contributed by atoms with Crippen molar-refractivity contribution in [2.24, 2.45) is 0 Å². The summed E-state index contributed by atoms with van der Waals surface area (Å²) in [6.45, 7) is 2.84. The van der Waals surface area contributed by atoms with Gasteiger partial charge in [-0.1, -0.05) is 6.92 Å². The van der Waals surface area contributed by atoms with Crippen molar-refractivity contribution in [3.05, 3.63) is 18.4 Å². The molecule has 1 aromatic heterocycles. The van der Waals surface area contributed by atoms with Crippen molar-refractivity contribution in [3.63, 3.8) is 0 Å². The molecule has 68 valence electrons. The van der Waals surface area contributed by atoms with E-state index in [0.29, 0.717) is 0 Å². The first-order chi connectivity index (χ1) is 5.75. The van der Waals surface area contributed by atoms with Gasteiger partial charge in [0.15, 0.2) is 5.50 Å². The van der Waals surface area contributed by atoms with Gasteiger partial charge in [0, 0.05) is 6.54 Å². The summed E-state index contributed by atoms with van der Waals surface area (Å²) in [6.07, 6.45) is 2.88. The quantitative estimate of drug-likeness (QED) is 0.764. The van der Waals surface area contributed by atoms with Crippen LogP contribution < -0.4 is 5.50 Å². The Morgan fingerprint density at radius 1 is 1.67 bits per heavy atom. The van der Waals surface area contributed by atoms with Crippen LogP contribution in [-0.4, -0.2) is 18.3 Å². The normalized spacial score (nSPS) is 13.7. The molecule has 0 aliphatic rings. The third-order valence-corrected chi connectivity index (χ3v) is 5.63. The van der Waals surface area contributed by atoms with E-state index in [1.54, 1.807) is 6.26 Å². The fourth-order valence-electron chi connectivity index (χ4n) is 0.955. The Hall–Kier alpha value is 0.150. The molecular weight excluding hydrogens is 237 g/mol. The topological polar surface area (TPSA) is 16.4 Å². The Morgan fingerprint density at radius 3 is 2.92 bits per heavy atom. The minimum Gasteiger partial charge on any atom is -0.462 e. The first-order valence-corrected chi connectivity index (χ1v) is 7.27. The van der Waals surface area contributed by atoms with Crippen molar-refractivity contribution >= 4 is 27.8 Å². The number of nitrogens with zero attached hydrogens (tertiary/aromatic N) is 1. The SMILES string of the molecule is CCCN(C)P(Br)c1ccco1. The third-order valence-electron chi connectivity index (χ3n) is 1.53. The van der Waals surface area contributed by atoms with Gasteiger partial charge in [-0.3, -0.25) is 4.67 Å². The van der Waals surface area contributed by atoms with Crippen LogP contribution in [0.4, 0.5) is 0 Å². The summed E-state index contributed by atoms with van der Waals surface area (Å²) >= 11 is 3.63. The second-order valence-electron chi connectivity index (χ2n) is 2.59. The van der Waals surface area contributed by atoms with Gasteiger partial charge >= 0.3 is 0 Å². The van der Waals surface area contributed by atoms with Crippen LogP contribution in [0.1, 0.15) is 13.3 Å². The van der Waals surface area contributed by atoms with E-state index in [9.17, 15) is 0 Å². The number of halogens is 1. The second kappa shape index (κ2) is 5.00. The Kier molecular flexibility index (Phi) is 4.27. The minimum atomic E-state index is -0.427. The lowest BCUT2D eigenvalue weighted by molar-refractivity contribution is 0.541. The summed E-state index contributed by atoms with van der Waals surface area (Å²) in [5.74, 6) is 0. The molecule has 0 radical (unpaired) electrons. The molecule has 0 saturated heterocycles. The molecule has 0 bridgehead atoms. The van der Waals surface area contributed by atoms with Crippen LogP contribution in [0.15, 0.2) is 22.8 Å². The van der Waals surface area contributed by atoms with Gasteiger partial charge in [0.05, 0.1) is 6.26 Å². The zero-order valence-electron chi connectivity index (χ0n) is 7.33. The number of rotatable bonds is 4. The van der Waals surface area contributed by atoms with Crippen LogP contribution in [0.2, 0.25) is 0 Å². The number of hydrogen-bond donors (Lipinski definition) is 0. The molecule has 0 aromatic carbocycles. The van der Waals surface area contributed by atoms with Gasteiger partial charge in [-0.25, -0.2) is 0 Å². The van der Waals surface area contributed by atoms with Gasteiger partial charge < -0.3 is 4.42 Å². The molecule has 1 heterocycles. The smallest absolute Gasteiger partial charge is 0.151 e. The molecule has 0 amide bonds. The number of hydrogen-bond acceptors (Lipinski definition) is 2. The monoisotopic (exact) mass is 249 g/mol. The van der Waals surface area contributed by atoms with E-state index >= 15 is 0 Å². The molecule has 1 atom stereocenters. The first-order valence-electron chi connectivity index (χ1n) is 3.96. The Morgan fingerprint density at radius 2 is 2.42 bits per heavy atom. The highest BCUT2D eigenvalue weighted by Gasteiger charge is 2.14. The Bertz CT molecular complexity index is 215. The van der Waals surface area contributed by atoms with Gasteiger partial charge in [0.25, 0.3) is 0 Å². The maximum absolute atomic E-state index is 5.30. The molecule has 0 aliphatic carbocycles. The molecule has 1 aromatic rings. The summed E-state index contributed by atoms with van der Waals surface area (Å²) in [5.41, 5.74) is 1.03. The lowest BCUT2D eigenvalue weighted by atomic mass is 10.5. The van der Waals surface area contributed by atoms with Crippen molar-refractivity contribution in [2.75, 3.05) is 13.6 Å². The zero-order chi connectivity index (χ0) is 8.97. The fraction of sp³-hybridized carbons (Fsp3) is 0.500. The van der Waals surface area contributed by atoms with Crippen LogP contribution >= 0.6 is 22.3 Å². The summed E-state index contributed by atoms with van der Waals surface area (Å²) in [7, 11) is 2.10. The van der Waals surface area contributed by atoms with Crippen molar-refractivity contribution in [1.29, 1.82) is 0 Å². The van der Waals surface area contributed by atoms with E-state index in [2.05, 4.69) is 34.1 Å². The zero-order valence-corrected chi connectivity index (χ0v) is 9.81. The molecule has 0 fully saturated rings. The average molecular weight is 250 g/mol. The van der Waals surface area contributed by atoms with E-state index in [0.717, 1.165) is 12.0 Å². The van der Waals surface area contributed by atoms with Crippen LogP contribution in [0.25, 0.3) is 0 Å². The predicted molar refractivity (Wildman–Crippen MR) is 57.1 cm³/mol. The second-order valence-corrected chi connectivity index (χ2v) is 6.25. The summed E-state index contributed by atoms with van der Waals surface area (Å²) in [5, 5.41) is 0. The van der Waals surface area contributed by atoms with E-state index in [-0.39, 0.29) is 0 Å². The van der Waals surface area contributed by atoms with E-state index in [1.165, 1.54) is 6.42 Å². The van der Waals surface area contributed by atoms with Crippen molar-refractivity contribution < 1.29 is 4.42 Å². The van der Waals surface area contributed by atoms with Crippen LogP contribution in [0.5, 0.6) is 0 Å². The Balaban J connectivity index is 2.53. The lowest BCUT2D eigenvalue weighted by Gasteiger charge is -2.19. The van der Waals surface area contributed by atoms with Gasteiger partial charge in [0.2, 0.25) is 0 Å². The molecule has 2 nitrogen and oxygen atoms in total. The lowest BCUT2D eigenvalue weighted by Crippen LogP contribution is -2.15. The predicted octanol–water partition coefficient (Wildman–Crippen LogP) is 2.95. The Labute approximate surface area is 82.5 Å². The average Bonchev–Trinajstić information content (AvgIpc) is 2.55. The summed E-state index contributed by atoms with van der Waals surface area (Å²) in [6, 6.07) is 3.93. The maximum Gasteiger partial charge on any atom is 0.151 e. The van der Waals surface area contributed by atoms with Crippen LogP contribution in [0, 0.1) is 0 Å². The highest BCUT2D eigenvalue weighted by Crippen LogP contribution is 2.45. The molecule has 0 saturated carbocycles. The van der Waals surface area contributed by atoms with Crippen molar-refractivity contribution in [2.45, 2.75) is 13.3 Å². The molecule has 0 N–H and O–H groups in total. The first kappa shape index (κ1) is 10.2. The standard InChI is InChI=1S/C8H13BrNOP/c1-3-6-10(2)12(9)8-5-4-7-11-8/h4-5,7H,3,6H2,1-2H3. The van der Waals surface area contributed by atoms with E-state index < -0.39 is 6.77 Å². The van der Waals surface area contributed by atoms with Gasteiger partial charge in [-0.05, 0) is 41.1 Å². The maximum atomic E-state index is 5.30.